The van der Waals surface area contributed by atoms with Crippen molar-refractivity contribution in [3.8, 4) is 0 Å². The number of rotatable bonds is 3. The molecular formula is C12H12F2O2. The Morgan fingerprint density at radius 1 is 1.38 bits per heavy atom. The second-order valence-electron chi connectivity index (χ2n) is 4.16. The van der Waals surface area contributed by atoms with E-state index in [0.29, 0.717) is 24.8 Å². The Bertz CT molecular complexity index is 451. The highest BCUT2D eigenvalue weighted by molar-refractivity contribution is 5.85. The van der Waals surface area contributed by atoms with Crippen LogP contribution in [-0.2, 0) is 16.6 Å². The van der Waals surface area contributed by atoms with E-state index in [-0.39, 0.29) is 5.56 Å². The van der Waals surface area contributed by atoms with Gasteiger partial charge in [0.05, 0.1) is 5.41 Å². The van der Waals surface area contributed by atoms with Crippen LogP contribution in [0.4, 0.5) is 8.78 Å². The molecule has 0 aromatic heterocycles. The van der Waals surface area contributed by atoms with E-state index >= 15 is 0 Å². The van der Waals surface area contributed by atoms with Gasteiger partial charge >= 0.3 is 5.97 Å². The lowest BCUT2D eigenvalue weighted by molar-refractivity contribution is -0.140. The van der Waals surface area contributed by atoms with Gasteiger partial charge in [0.1, 0.15) is 11.6 Å². The molecule has 2 nitrogen and oxygen atoms in total. The molecule has 4 heteroatoms. The van der Waals surface area contributed by atoms with Crippen LogP contribution in [0.2, 0.25) is 0 Å². The highest BCUT2D eigenvalue weighted by Crippen LogP contribution is 2.49. The number of hydrogen-bond acceptors (Lipinski definition) is 1. The molecule has 1 aromatic rings. The summed E-state index contributed by atoms with van der Waals surface area (Å²) >= 11 is 0. The predicted molar refractivity (Wildman–Crippen MR) is 54.3 cm³/mol. The number of halogens is 2. The van der Waals surface area contributed by atoms with E-state index in [0.717, 1.165) is 6.07 Å². The van der Waals surface area contributed by atoms with Crippen LogP contribution in [0.3, 0.4) is 0 Å². The lowest BCUT2D eigenvalue weighted by atomic mass is 9.93. The molecule has 0 radical (unpaired) electrons. The minimum atomic E-state index is -1.11. The summed E-state index contributed by atoms with van der Waals surface area (Å²) in [5.41, 5.74) is -0.621. The molecule has 86 valence electrons. The highest BCUT2D eigenvalue weighted by atomic mass is 19.1. The van der Waals surface area contributed by atoms with Crippen LogP contribution in [-0.4, -0.2) is 11.1 Å². The Morgan fingerprint density at radius 3 is 2.44 bits per heavy atom. The third kappa shape index (κ3) is 1.49. The van der Waals surface area contributed by atoms with Gasteiger partial charge in [-0.05, 0) is 30.9 Å². The van der Waals surface area contributed by atoms with Gasteiger partial charge in [0, 0.05) is 11.6 Å². The van der Waals surface area contributed by atoms with E-state index in [1.165, 1.54) is 6.07 Å². The SMILES string of the molecule is CCc1cc(C2(C(=O)O)CC2)c(F)cc1F. The molecule has 0 amide bonds. The molecule has 0 aliphatic heterocycles. The largest absolute Gasteiger partial charge is 0.481 e. The van der Waals surface area contributed by atoms with Crippen LogP contribution >= 0.6 is 0 Å². The fourth-order valence-corrected chi connectivity index (χ4v) is 1.95. The first-order valence-electron chi connectivity index (χ1n) is 5.23. The second kappa shape index (κ2) is 3.54. The number of benzene rings is 1. The molecule has 0 spiro atoms. The van der Waals surface area contributed by atoms with Gasteiger partial charge in [-0.3, -0.25) is 4.79 Å². The summed E-state index contributed by atoms with van der Waals surface area (Å²) in [4.78, 5) is 11.1. The van der Waals surface area contributed by atoms with Crippen molar-refractivity contribution in [3.05, 3.63) is 34.9 Å². The highest BCUT2D eigenvalue weighted by Gasteiger charge is 2.53. The third-order valence-corrected chi connectivity index (χ3v) is 3.19. The molecule has 1 aromatic carbocycles. The van der Waals surface area contributed by atoms with Gasteiger partial charge in [0.2, 0.25) is 0 Å². The molecule has 2 rings (SSSR count). The number of carboxylic acids is 1. The van der Waals surface area contributed by atoms with Gasteiger partial charge in [0.25, 0.3) is 0 Å². The minimum Gasteiger partial charge on any atom is -0.481 e. The number of aliphatic carboxylic acids is 1. The molecule has 1 aliphatic carbocycles. The van der Waals surface area contributed by atoms with Crippen molar-refractivity contribution in [2.45, 2.75) is 31.6 Å². The van der Waals surface area contributed by atoms with Crippen molar-refractivity contribution in [1.29, 1.82) is 0 Å². The van der Waals surface area contributed by atoms with E-state index in [4.69, 9.17) is 5.11 Å². The van der Waals surface area contributed by atoms with Crippen molar-refractivity contribution >= 4 is 5.97 Å². The zero-order valence-corrected chi connectivity index (χ0v) is 8.89. The maximum atomic E-state index is 13.6. The van der Waals surface area contributed by atoms with Crippen molar-refractivity contribution < 1.29 is 18.7 Å². The summed E-state index contributed by atoms with van der Waals surface area (Å²) in [5.74, 6) is -2.39. The zero-order chi connectivity index (χ0) is 11.9. The van der Waals surface area contributed by atoms with Gasteiger partial charge in [-0.25, -0.2) is 8.78 Å². The number of carboxylic acid groups (broad SMARTS) is 1. The molecule has 1 N–H and O–H groups in total. The van der Waals surface area contributed by atoms with Crippen LogP contribution in [0.5, 0.6) is 0 Å². The van der Waals surface area contributed by atoms with Gasteiger partial charge < -0.3 is 5.11 Å². The van der Waals surface area contributed by atoms with Gasteiger partial charge in [-0.2, -0.15) is 0 Å². The first-order valence-corrected chi connectivity index (χ1v) is 5.23. The molecule has 1 fully saturated rings. The van der Waals surface area contributed by atoms with Crippen molar-refractivity contribution in [1.82, 2.24) is 0 Å². The van der Waals surface area contributed by atoms with Crippen LogP contribution < -0.4 is 0 Å². The molecule has 0 heterocycles. The number of hydrogen-bond donors (Lipinski definition) is 1. The van der Waals surface area contributed by atoms with Crippen LogP contribution in [0.15, 0.2) is 12.1 Å². The lowest BCUT2D eigenvalue weighted by Gasteiger charge is -2.13. The summed E-state index contributed by atoms with van der Waals surface area (Å²) in [6, 6.07) is 2.14. The van der Waals surface area contributed by atoms with E-state index < -0.39 is 23.0 Å². The monoisotopic (exact) mass is 226 g/mol. The first-order chi connectivity index (χ1) is 7.51. The van der Waals surface area contributed by atoms with Gasteiger partial charge in [-0.15, -0.1) is 0 Å². The average Bonchev–Trinajstić information content (AvgIpc) is 2.99. The number of carbonyl (C=O) groups is 1. The average molecular weight is 226 g/mol. The molecule has 0 bridgehead atoms. The third-order valence-electron chi connectivity index (χ3n) is 3.19. The summed E-state index contributed by atoms with van der Waals surface area (Å²) in [6.07, 6.45) is 1.27. The molecule has 0 saturated heterocycles. The number of aryl methyl sites for hydroxylation is 1. The first kappa shape index (κ1) is 11.0. The van der Waals surface area contributed by atoms with Crippen LogP contribution in [0.25, 0.3) is 0 Å². The van der Waals surface area contributed by atoms with E-state index in [9.17, 15) is 13.6 Å². The molecule has 0 atom stereocenters. The van der Waals surface area contributed by atoms with Gasteiger partial charge in [0.15, 0.2) is 0 Å². The van der Waals surface area contributed by atoms with Crippen molar-refractivity contribution in [2.75, 3.05) is 0 Å². The normalized spacial score (nSPS) is 17.2. The Balaban J connectivity index is 2.53. The predicted octanol–water partition coefficient (Wildman–Crippen LogP) is 2.64. The minimum absolute atomic E-state index is 0.123. The standard InChI is InChI=1S/C12H12F2O2/c1-2-7-5-8(10(14)6-9(7)13)12(3-4-12)11(15)16/h5-6H,2-4H2,1H3,(H,15,16). The fraction of sp³-hybridized carbons (Fsp3) is 0.417. The van der Waals surface area contributed by atoms with Gasteiger partial charge in [-0.1, -0.05) is 6.92 Å². The molecule has 1 saturated carbocycles. The van der Waals surface area contributed by atoms with E-state index in [2.05, 4.69) is 0 Å². The van der Waals surface area contributed by atoms with Crippen molar-refractivity contribution in [3.63, 3.8) is 0 Å². The van der Waals surface area contributed by atoms with Crippen molar-refractivity contribution in [2.24, 2.45) is 0 Å². The molecular weight excluding hydrogens is 214 g/mol. The lowest BCUT2D eigenvalue weighted by Crippen LogP contribution is -2.21. The summed E-state index contributed by atoms with van der Waals surface area (Å²) in [6.45, 7) is 1.75. The maximum absolute atomic E-state index is 13.6. The smallest absolute Gasteiger partial charge is 0.314 e. The fourth-order valence-electron chi connectivity index (χ4n) is 1.95. The molecule has 16 heavy (non-hydrogen) atoms. The summed E-state index contributed by atoms with van der Waals surface area (Å²) < 4.78 is 26.8. The maximum Gasteiger partial charge on any atom is 0.314 e. The molecule has 0 unspecified atom stereocenters. The quantitative estimate of drug-likeness (QED) is 0.860. The van der Waals surface area contributed by atoms with Crippen LogP contribution in [0.1, 0.15) is 30.9 Å². The Kier molecular flexibility index (Phi) is 2.45. The Hall–Kier alpha value is -1.45. The van der Waals surface area contributed by atoms with E-state index in [1.807, 2.05) is 0 Å². The Morgan fingerprint density at radius 2 is 2.00 bits per heavy atom. The topological polar surface area (TPSA) is 37.3 Å². The van der Waals surface area contributed by atoms with E-state index in [1.54, 1.807) is 6.92 Å². The second-order valence-corrected chi connectivity index (χ2v) is 4.16. The van der Waals surface area contributed by atoms with Crippen LogP contribution in [0, 0.1) is 11.6 Å². The summed E-state index contributed by atoms with van der Waals surface area (Å²) in [7, 11) is 0. The zero-order valence-electron chi connectivity index (χ0n) is 8.89. The molecule has 1 aliphatic rings. The Labute approximate surface area is 91.9 Å². The summed E-state index contributed by atoms with van der Waals surface area (Å²) in [5, 5.41) is 9.05.